The maximum atomic E-state index is 5.77. The summed E-state index contributed by atoms with van der Waals surface area (Å²) in [7, 11) is 0. The summed E-state index contributed by atoms with van der Waals surface area (Å²) >= 11 is 3.81. The fourth-order valence-electron chi connectivity index (χ4n) is 2.25. The molecule has 0 radical (unpaired) electrons. The summed E-state index contributed by atoms with van der Waals surface area (Å²) in [6.07, 6.45) is 9.75. The van der Waals surface area contributed by atoms with Gasteiger partial charge in [0.1, 0.15) is 0 Å². The predicted molar refractivity (Wildman–Crippen MR) is 79.9 cm³/mol. The van der Waals surface area contributed by atoms with Crippen molar-refractivity contribution in [3.63, 3.8) is 0 Å². The van der Waals surface area contributed by atoms with Crippen LogP contribution in [-0.4, -0.2) is 5.16 Å². The predicted octanol–water partition coefficient (Wildman–Crippen LogP) is 4.25. The maximum absolute atomic E-state index is 5.77. The van der Waals surface area contributed by atoms with Crippen molar-refractivity contribution in [3.8, 4) is 12.3 Å². The van der Waals surface area contributed by atoms with E-state index in [1.54, 1.807) is 5.16 Å². The van der Waals surface area contributed by atoms with E-state index in [1.165, 1.54) is 21.9 Å². The molecule has 18 heavy (non-hydrogen) atoms. The van der Waals surface area contributed by atoms with E-state index in [9.17, 15) is 0 Å². The lowest BCUT2D eigenvalue weighted by molar-refractivity contribution is 1.14. The van der Waals surface area contributed by atoms with Gasteiger partial charge in [-0.3, -0.25) is 0 Å². The molecule has 0 bridgehead atoms. The minimum absolute atomic E-state index is 0.128. The van der Waals surface area contributed by atoms with Gasteiger partial charge in [-0.2, -0.15) is 0 Å². The average Bonchev–Trinajstić information content (AvgIpc) is 2.41. The molecule has 0 saturated heterocycles. The molecule has 0 fully saturated rings. The molecule has 1 aliphatic rings. The first-order valence-electron chi connectivity index (χ1n) is 5.51. The number of thiocarbonyl (C=S) groups is 1. The summed E-state index contributed by atoms with van der Waals surface area (Å²) in [5.74, 6) is 2.95. The quantitative estimate of drug-likeness (QED) is 0.421. The molecule has 0 amide bonds. The zero-order valence-electron chi connectivity index (χ0n) is 9.68. The second-order valence-corrected chi connectivity index (χ2v) is 4.10. The van der Waals surface area contributed by atoms with Crippen LogP contribution >= 0.6 is 12.2 Å². The van der Waals surface area contributed by atoms with Crippen LogP contribution in [0.2, 0.25) is 0 Å². The highest BCUT2D eigenvalue weighted by Crippen LogP contribution is 2.33. The Bertz CT molecular complexity index is 681. The van der Waals surface area contributed by atoms with E-state index in [-0.39, 0.29) is 5.92 Å². The van der Waals surface area contributed by atoms with Crippen LogP contribution in [0.25, 0.3) is 16.8 Å². The largest absolute Gasteiger partial charge is 0.248 e. The van der Waals surface area contributed by atoms with Gasteiger partial charge >= 0.3 is 0 Å². The van der Waals surface area contributed by atoms with Crippen LogP contribution < -0.4 is 0 Å². The summed E-state index contributed by atoms with van der Waals surface area (Å²) in [6, 6.07) is 12.7. The molecule has 1 atom stereocenters. The van der Waals surface area contributed by atoms with Gasteiger partial charge in [-0.25, -0.2) is 5.41 Å². The van der Waals surface area contributed by atoms with E-state index in [4.69, 9.17) is 11.8 Å². The summed E-state index contributed by atoms with van der Waals surface area (Å²) < 4.78 is 0. The highest BCUT2D eigenvalue weighted by Gasteiger charge is 2.14. The first-order chi connectivity index (χ1) is 8.81. The lowest BCUT2D eigenvalue weighted by Crippen LogP contribution is -1.98. The van der Waals surface area contributed by atoms with Gasteiger partial charge in [-0.1, -0.05) is 54.5 Å². The molecule has 1 unspecified atom stereocenters. The van der Waals surface area contributed by atoms with Crippen molar-refractivity contribution in [2.75, 3.05) is 0 Å². The number of terminal acetylenes is 1. The Morgan fingerprint density at radius 1 is 1.17 bits per heavy atom. The van der Waals surface area contributed by atoms with E-state index < -0.39 is 0 Å². The van der Waals surface area contributed by atoms with Crippen molar-refractivity contribution >= 4 is 34.2 Å². The zero-order valence-corrected chi connectivity index (χ0v) is 10.5. The van der Waals surface area contributed by atoms with Gasteiger partial charge in [0.2, 0.25) is 0 Å². The molecule has 0 heterocycles. The number of allylic oxidation sites excluding steroid dienone is 1. The summed E-state index contributed by atoms with van der Waals surface area (Å²) in [4.78, 5) is 0. The maximum Gasteiger partial charge on any atom is 0.0639 e. The summed E-state index contributed by atoms with van der Waals surface area (Å²) in [5, 5.41) is 9.94. The lowest BCUT2D eigenvalue weighted by Gasteiger charge is -2.16. The molecular formula is C16H11NS. The summed E-state index contributed by atoms with van der Waals surface area (Å²) in [5.41, 5.74) is 2.53. The number of hydrogen-bond donors (Lipinski definition) is 1. The molecule has 2 aromatic carbocycles. The van der Waals surface area contributed by atoms with Crippen LogP contribution in [0.1, 0.15) is 17.0 Å². The van der Waals surface area contributed by atoms with Gasteiger partial charge < -0.3 is 0 Å². The Kier molecular flexibility index (Phi) is 3.69. The zero-order chi connectivity index (χ0) is 13.0. The number of benzene rings is 2. The molecule has 0 spiro atoms. The number of isothiocyanates is 1. The molecular weight excluding hydrogens is 238 g/mol. The normalized spacial score (nSPS) is 15.2. The highest BCUT2D eigenvalue weighted by molar-refractivity contribution is 7.78. The molecule has 0 aromatic heterocycles. The molecule has 2 heteroatoms. The monoisotopic (exact) mass is 249 g/mol. The van der Waals surface area contributed by atoms with Gasteiger partial charge in [-0.05, 0) is 34.1 Å². The van der Waals surface area contributed by atoms with Crippen molar-refractivity contribution in [3.05, 3.63) is 53.6 Å². The summed E-state index contributed by atoms with van der Waals surface area (Å²) in [6.45, 7) is 0. The fraction of sp³-hybridized carbons (Fsp3) is 0.0625. The molecule has 2 aromatic rings. The number of rotatable bonds is 0. The first kappa shape index (κ1) is 12.3. The smallest absolute Gasteiger partial charge is 0.0639 e. The molecule has 1 nitrogen and oxygen atoms in total. The second-order valence-electron chi connectivity index (χ2n) is 3.90. The van der Waals surface area contributed by atoms with Gasteiger partial charge in [0, 0.05) is 0 Å². The van der Waals surface area contributed by atoms with Crippen LogP contribution in [0.3, 0.4) is 0 Å². The topological polar surface area (TPSA) is 23.9 Å². The van der Waals surface area contributed by atoms with E-state index in [1.807, 2.05) is 0 Å². The minimum atomic E-state index is 0.128. The van der Waals surface area contributed by atoms with E-state index in [0.717, 1.165) is 0 Å². The van der Waals surface area contributed by atoms with Crippen molar-refractivity contribution in [2.45, 2.75) is 5.92 Å². The molecule has 3 rings (SSSR count). The van der Waals surface area contributed by atoms with Gasteiger partial charge in [0.05, 0.1) is 11.1 Å². The average molecular weight is 249 g/mol. The van der Waals surface area contributed by atoms with Gasteiger partial charge in [-0.15, -0.1) is 6.42 Å². The highest BCUT2D eigenvalue weighted by atomic mass is 32.1. The van der Waals surface area contributed by atoms with E-state index >= 15 is 0 Å². The molecule has 0 saturated carbocycles. The molecule has 1 N–H and O–H groups in total. The van der Waals surface area contributed by atoms with Crippen LogP contribution in [0.15, 0.2) is 42.5 Å². The Balaban J connectivity index is 0.000000367. The molecule has 86 valence electrons. The standard InChI is InChI=1S/C15H10.CHNS/c1-2-11-9-10-13-6-3-5-12-7-4-8-14(11)15(12)13;2-1-3/h1,3-11H;2H. The third kappa shape index (κ3) is 2.10. The number of nitrogens with one attached hydrogen (secondary N) is 1. The molecule has 0 aliphatic heterocycles. The SMILES string of the molecule is C#CC1C=Cc2cccc3cccc1c23.N=C=S. The Morgan fingerprint density at radius 3 is 2.50 bits per heavy atom. The Labute approximate surface area is 112 Å². The second kappa shape index (κ2) is 5.42. The van der Waals surface area contributed by atoms with Crippen molar-refractivity contribution < 1.29 is 0 Å². The van der Waals surface area contributed by atoms with Gasteiger partial charge in [0.15, 0.2) is 0 Å². The van der Waals surface area contributed by atoms with Gasteiger partial charge in [0.25, 0.3) is 0 Å². The van der Waals surface area contributed by atoms with Crippen LogP contribution in [0, 0.1) is 17.8 Å². The Hall–Kier alpha value is -2.20. The lowest BCUT2D eigenvalue weighted by atomic mass is 9.87. The molecule has 1 aliphatic carbocycles. The number of hydrogen-bond acceptors (Lipinski definition) is 2. The van der Waals surface area contributed by atoms with Crippen molar-refractivity contribution in [1.82, 2.24) is 0 Å². The Morgan fingerprint density at radius 2 is 1.83 bits per heavy atom. The third-order valence-electron chi connectivity index (χ3n) is 2.95. The minimum Gasteiger partial charge on any atom is -0.248 e. The third-order valence-corrected chi connectivity index (χ3v) is 2.95. The van der Waals surface area contributed by atoms with Crippen LogP contribution in [0.5, 0.6) is 0 Å². The van der Waals surface area contributed by atoms with E-state index in [2.05, 4.69) is 66.7 Å². The van der Waals surface area contributed by atoms with Crippen molar-refractivity contribution in [1.29, 1.82) is 5.41 Å². The fourth-order valence-corrected chi connectivity index (χ4v) is 2.25. The van der Waals surface area contributed by atoms with Crippen LogP contribution in [0.4, 0.5) is 0 Å². The first-order valence-corrected chi connectivity index (χ1v) is 5.92. The van der Waals surface area contributed by atoms with Crippen LogP contribution in [-0.2, 0) is 0 Å². The van der Waals surface area contributed by atoms with E-state index in [0.29, 0.717) is 0 Å². The van der Waals surface area contributed by atoms with Crippen molar-refractivity contribution in [2.24, 2.45) is 0 Å².